The molecular formula is C16H18ClFN2O3S2. The zero-order chi connectivity index (χ0) is 18.4. The van der Waals surface area contributed by atoms with Gasteiger partial charge in [0.2, 0.25) is 0 Å². The molecule has 0 bridgehead atoms. The highest BCUT2D eigenvalue weighted by molar-refractivity contribution is 8.16. The molecule has 1 amide bonds. The Morgan fingerprint density at radius 1 is 1.48 bits per heavy atom. The third kappa shape index (κ3) is 3.71. The number of nitrogens with zero attached hydrogens (tertiary/aromatic N) is 2. The van der Waals surface area contributed by atoms with Crippen LogP contribution in [0.15, 0.2) is 23.2 Å². The number of benzene rings is 1. The number of fused-ring (bicyclic) bond motifs is 1. The number of anilines is 1. The van der Waals surface area contributed by atoms with Crippen LogP contribution in [0.25, 0.3) is 0 Å². The van der Waals surface area contributed by atoms with Gasteiger partial charge in [-0.2, -0.15) is 4.99 Å². The second kappa shape index (κ2) is 6.89. The standard InChI is InChI=1S/C16H18ClFN2O3S2/c1-3-9(2)15(21)19-16-20(10-4-5-11(17)12(18)6-10)13-7-25(22,23)8-14(13)24-16/h4-6,9,13-14H,3,7-8H2,1-2H3/t9-,13+,14-/m0/s1. The lowest BCUT2D eigenvalue weighted by atomic mass is 10.1. The maximum absolute atomic E-state index is 13.9. The molecule has 1 aromatic carbocycles. The van der Waals surface area contributed by atoms with E-state index in [4.69, 9.17) is 11.6 Å². The van der Waals surface area contributed by atoms with E-state index < -0.39 is 15.7 Å². The Bertz CT molecular complexity index is 844. The summed E-state index contributed by atoms with van der Waals surface area (Å²) in [6.45, 7) is 3.70. The van der Waals surface area contributed by atoms with Crippen LogP contribution in [0.4, 0.5) is 10.1 Å². The normalized spacial score (nSPS) is 27.5. The molecule has 3 rings (SSSR count). The van der Waals surface area contributed by atoms with Gasteiger partial charge in [-0.05, 0) is 24.6 Å². The van der Waals surface area contributed by atoms with Crippen LogP contribution in [0, 0.1) is 11.7 Å². The average Bonchev–Trinajstić information content (AvgIpc) is 3.00. The summed E-state index contributed by atoms with van der Waals surface area (Å²) in [6.07, 6.45) is 0.664. The van der Waals surface area contributed by atoms with Gasteiger partial charge in [-0.1, -0.05) is 37.2 Å². The van der Waals surface area contributed by atoms with E-state index in [2.05, 4.69) is 4.99 Å². The third-order valence-corrected chi connectivity index (χ3v) is 8.00. The summed E-state index contributed by atoms with van der Waals surface area (Å²) in [7, 11) is -3.16. The van der Waals surface area contributed by atoms with Crippen molar-refractivity contribution in [2.45, 2.75) is 31.6 Å². The molecule has 5 nitrogen and oxygen atoms in total. The molecule has 2 heterocycles. The Hall–Kier alpha value is -1.12. The molecule has 2 saturated heterocycles. The maximum atomic E-state index is 13.9. The predicted octanol–water partition coefficient (Wildman–Crippen LogP) is 3.13. The van der Waals surface area contributed by atoms with Crippen LogP contribution in [0.1, 0.15) is 20.3 Å². The van der Waals surface area contributed by atoms with Crippen molar-refractivity contribution in [1.82, 2.24) is 0 Å². The van der Waals surface area contributed by atoms with Crippen molar-refractivity contribution in [2.75, 3.05) is 16.4 Å². The molecule has 0 aromatic heterocycles. The van der Waals surface area contributed by atoms with Crippen LogP contribution >= 0.6 is 23.4 Å². The molecule has 3 atom stereocenters. The summed E-state index contributed by atoms with van der Waals surface area (Å²) in [4.78, 5) is 18.1. The van der Waals surface area contributed by atoms with E-state index in [-0.39, 0.29) is 39.6 Å². The highest BCUT2D eigenvalue weighted by Gasteiger charge is 2.49. The number of amides is 1. The van der Waals surface area contributed by atoms with E-state index in [1.54, 1.807) is 17.9 Å². The minimum atomic E-state index is -3.16. The van der Waals surface area contributed by atoms with E-state index >= 15 is 0 Å². The van der Waals surface area contributed by atoms with Crippen LogP contribution in [0.5, 0.6) is 0 Å². The lowest BCUT2D eigenvalue weighted by Gasteiger charge is -2.24. The molecule has 0 radical (unpaired) electrons. The second-order valence-corrected chi connectivity index (χ2v) is 10.1. The Kier molecular flexibility index (Phi) is 5.14. The summed E-state index contributed by atoms with van der Waals surface area (Å²) in [5.41, 5.74) is 0.453. The van der Waals surface area contributed by atoms with Gasteiger partial charge in [0.25, 0.3) is 5.91 Å². The van der Waals surface area contributed by atoms with Crippen molar-refractivity contribution in [3.05, 3.63) is 29.0 Å². The molecule has 0 N–H and O–H groups in total. The Labute approximate surface area is 155 Å². The number of carbonyl (C=O) groups is 1. The van der Waals surface area contributed by atoms with Crippen LogP contribution in [0.3, 0.4) is 0 Å². The van der Waals surface area contributed by atoms with Gasteiger partial charge in [0.05, 0.1) is 22.6 Å². The number of amidine groups is 1. The van der Waals surface area contributed by atoms with Gasteiger partial charge in [0, 0.05) is 16.9 Å². The minimum Gasteiger partial charge on any atom is -0.315 e. The van der Waals surface area contributed by atoms with E-state index in [1.165, 1.54) is 23.9 Å². The zero-order valence-corrected chi connectivity index (χ0v) is 16.2. The third-order valence-electron chi connectivity index (χ3n) is 4.49. The van der Waals surface area contributed by atoms with Gasteiger partial charge in [-0.3, -0.25) is 4.79 Å². The van der Waals surface area contributed by atoms with Crippen LogP contribution in [-0.2, 0) is 14.6 Å². The number of halogens is 2. The fourth-order valence-electron chi connectivity index (χ4n) is 2.88. The molecule has 9 heteroatoms. The van der Waals surface area contributed by atoms with Crippen LogP contribution < -0.4 is 4.90 Å². The molecule has 0 unspecified atom stereocenters. The number of carbonyl (C=O) groups excluding carboxylic acids is 1. The molecule has 136 valence electrons. The van der Waals surface area contributed by atoms with Gasteiger partial charge < -0.3 is 4.90 Å². The zero-order valence-electron chi connectivity index (χ0n) is 13.8. The quantitative estimate of drug-likeness (QED) is 0.774. The highest BCUT2D eigenvalue weighted by Crippen LogP contribution is 2.41. The van der Waals surface area contributed by atoms with Crippen molar-refractivity contribution >= 4 is 50.0 Å². The summed E-state index contributed by atoms with van der Waals surface area (Å²) in [5, 5.41) is 0.199. The number of aliphatic imine (C=N–C) groups is 1. The molecular weight excluding hydrogens is 387 g/mol. The lowest BCUT2D eigenvalue weighted by Crippen LogP contribution is -2.38. The highest BCUT2D eigenvalue weighted by atomic mass is 35.5. The fraction of sp³-hybridized carbons (Fsp3) is 0.500. The smallest absolute Gasteiger partial charge is 0.250 e. The first-order valence-corrected chi connectivity index (χ1v) is 11.0. The number of hydrogen-bond donors (Lipinski definition) is 0. The first-order valence-electron chi connectivity index (χ1n) is 7.95. The number of thioether (sulfide) groups is 1. The molecule has 2 fully saturated rings. The molecule has 2 aliphatic heterocycles. The van der Waals surface area contributed by atoms with Crippen LogP contribution in [-0.4, -0.2) is 42.3 Å². The summed E-state index contributed by atoms with van der Waals surface area (Å²) in [5.74, 6) is -1.08. The summed E-state index contributed by atoms with van der Waals surface area (Å²) < 4.78 is 37.9. The largest absolute Gasteiger partial charge is 0.315 e. The topological polar surface area (TPSA) is 66.8 Å². The van der Waals surface area contributed by atoms with Crippen LogP contribution in [0.2, 0.25) is 5.02 Å². The lowest BCUT2D eigenvalue weighted by molar-refractivity contribution is -0.121. The summed E-state index contributed by atoms with van der Waals surface area (Å²) in [6, 6.07) is 3.92. The van der Waals surface area contributed by atoms with Gasteiger partial charge in [0.15, 0.2) is 15.0 Å². The van der Waals surface area contributed by atoms with Crippen molar-refractivity contribution in [1.29, 1.82) is 0 Å². The van der Waals surface area contributed by atoms with Gasteiger partial charge >= 0.3 is 0 Å². The number of hydrogen-bond acceptors (Lipinski definition) is 4. The van der Waals surface area contributed by atoms with E-state index in [0.29, 0.717) is 17.3 Å². The number of rotatable bonds is 3. The molecule has 25 heavy (non-hydrogen) atoms. The molecule has 1 aromatic rings. The Balaban J connectivity index is 2.02. The first kappa shape index (κ1) is 18.7. The minimum absolute atomic E-state index is 0.0136. The first-order chi connectivity index (χ1) is 11.7. The maximum Gasteiger partial charge on any atom is 0.250 e. The average molecular weight is 405 g/mol. The second-order valence-electron chi connectivity index (χ2n) is 6.31. The number of sulfone groups is 1. The molecule has 0 spiro atoms. The summed E-state index contributed by atoms with van der Waals surface area (Å²) >= 11 is 7.02. The van der Waals surface area contributed by atoms with Crippen molar-refractivity contribution in [2.24, 2.45) is 10.9 Å². The fourth-order valence-corrected chi connectivity index (χ4v) is 6.92. The molecule has 0 aliphatic carbocycles. The predicted molar refractivity (Wildman–Crippen MR) is 99.6 cm³/mol. The van der Waals surface area contributed by atoms with Gasteiger partial charge in [-0.15, -0.1) is 0 Å². The van der Waals surface area contributed by atoms with Crippen molar-refractivity contribution < 1.29 is 17.6 Å². The van der Waals surface area contributed by atoms with Gasteiger partial charge in [-0.25, -0.2) is 12.8 Å². The van der Waals surface area contributed by atoms with Gasteiger partial charge in [0.1, 0.15) is 5.82 Å². The Morgan fingerprint density at radius 3 is 2.84 bits per heavy atom. The van der Waals surface area contributed by atoms with E-state index in [1.807, 2.05) is 6.92 Å². The van der Waals surface area contributed by atoms with Crippen molar-refractivity contribution in [3.8, 4) is 0 Å². The van der Waals surface area contributed by atoms with E-state index in [9.17, 15) is 17.6 Å². The molecule has 0 saturated carbocycles. The molecule has 2 aliphatic rings. The van der Waals surface area contributed by atoms with Crippen molar-refractivity contribution in [3.63, 3.8) is 0 Å². The Morgan fingerprint density at radius 2 is 2.20 bits per heavy atom. The van der Waals surface area contributed by atoms with E-state index in [0.717, 1.165) is 0 Å². The SMILES string of the molecule is CC[C@H](C)C(=O)N=C1S[C@H]2CS(=O)(=O)C[C@H]2N1c1ccc(Cl)c(F)c1. The monoisotopic (exact) mass is 404 g/mol.